The molecular formula is C11H16BrNO. The summed E-state index contributed by atoms with van der Waals surface area (Å²) in [4.78, 5) is 0. The third-order valence-corrected chi connectivity index (χ3v) is 2.92. The fraction of sp³-hybridized carbons (Fsp3) is 0.455. The van der Waals surface area contributed by atoms with Gasteiger partial charge in [0.05, 0.1) is 6.10 Å². The summed E-state index contributed by atoms with van der Waals surface area (Å²) in [6.45, 7) is 5.78. The van der Waals surface area contributed by atoms with E-state index in [1.807, 2.05) is 26.0 Å². The first-order chi connectivity index (χ1) is 6.50. The Morgan fingerprint density at radius 2 is 2.00 bits per heavy atom. The number of hydrogen-bond donors (Lipinski definition) is 2. The Labute approximate surface area is 93.5 Å². The molecule has 0 fully saturated rings. The smallest absolute Gasteiger partial charge is 0.0710 e. The molecule has 2 atom stereocenters. The van der Waals surface area contributed by atoms with Crippen LogP contribution in [-0.4, -0.2) is 17.3 Å². The SMILES string of the molecule is Cc1ccc(Br)c(NC(C)C(C)O)c1. The van der Waals surface area contributed by atoms with Gasteiger partial charge < -0.3 is 10.4 Å². The van der Waals surface area contributed by atoms with Crippen LogP contribution in [-0.2, 0) is 0 Å². The summed E-state index contributed by atoms with van der Waals surface area (Å²) in [5.74, 6) is 0. The van der Waals surface area contributed by atoms with Crippen LogP contribution in [0.1, 0.15) is 19.4 Å². The van der Waals surface area contributed by atoms with Crippen LogP contribution in [0.4, 0.5) is 5.69 Å². The van der Waals surface area contributed by atoms with Gasteiger partial charge in [-0.1, -0.05) is 6.07 Å². The van der Waals surface area contributed by atoms with E-state index in [0.717, 1.165) is 10.2 Å². The maximum Gasteiger partial charge on any atom is 0.0710 e. The molecule has 14 heavy (non-hydrogen) atoms. The fourth-order valence-corrected chi connectivity index (χ4v) is 1.48. The molecule has 0 amide bonds. The van der Waals surface area contributed by atoms with Crippen LogP contribution in [0.25, 0.3) is 0 Å². The van der Waals surface area contributed by atoms with E-state index in [4.69, 9.17) is 0 Å². The van der Waals surface area contributed by atoms with E-state index < -0.39 is 0 Å². The van der Waals surface area contributed by atoms with E-state index >= 15 is 0 Å². The van der Waals surface area contributed by atoms with Crippen LogP contribution < -0.4 is 5.32 Å². The van der Waals surface area contributed by atoms with E-state index in [1.54, 1.807) is 6.92 Å². The van der Waals surface area contributed by atoms with Gasteiger partial charge in [-0.2, -0.15) is 0 Å². The van der Waals surface area contributed by atoms with Gasteiger partial charge in [-0.3, -0.25) is 0 Å². The normalized spacial score (nSPS) is 14.9. The van der Waals surface area contributed by atoms with E-state index in [0.29, 0.717) is 0 Å². The lowest BCUT2D eigenvalue weighted by Crippen LogP contribution is -2.27. The van der Waals surface area contributed by atoms with Crippen molar-refractivity contribution in [3.05, 3.63) is 28.2 Å². The molecule has 1 rings (SSSR count). The van der Waals surface area contributed by atoms with Gasteiger partial charge in [0.25, 0.3) is 0 Å². The summed E-state index contributed by atoms with van der Waals surface area (Å²) in [5.41, 5.74) is 2.23. The summed E-state index contributed by atoms with van der Waals surface area (Å²) in [6.07, 6.45) is -0.359. The third-order valence-electron chi connectivity index (χ3n) is 2.23. The number of aryl methyl sites for hydroxylation is 1. The number of rotatable bonds is 3. The Morgan fingerprint density at radius 1 is 1.36 bits per heavy atom. The van der Waals surface area contributed by atoms with Crippen molar-refractivity contribution >= 4 is 21.6 Å². The first kappa shape index (κ1) is 11.5. The molecule has 0 heterocycles. The van der Waals surface area contributed by atoms with Gasteiger partial charge in [0, 0.05) is 16.2 Å². The predicted molar refractivity (Wildman–Crippen MR) is 63.6 cm³/mol. The number of halogens is 1. The highest BCUT2D eigenvalue weighted by atomic mass is 79.9. The lowest BCUT2D eigenvalue weighted by molar-refractivity contribution is 0.178. The molecule has 78 valence electrons. The lowest BCUT2D eigenvalue weighted by atomic mass is 10.1. The summed E-state index contributed by atoms with van der Waals surface area (Å²) in [7, 11) is 0. The third kappa shape index (κ3) is 3.00. The zero-order chi connectivity index (χ0) is 10.7. The largest absolute Gasteiger partial charge is 0.391 e. The van der Waals surface area contributed by atoms with Gasteiger partial charge in [-0.15, -0.1) is 0 Å². The highest BCUT2D eigenvalue weighted by Gasteiger charge is 2.09. The van der Waals surface area contributed by atoms with Crippen molar-refractivity contribution in [2.24, 2.45) is 0 Å². The fourth-order valence-electron chi connectivity index (χ4n) is 1.12. The second-order valence-corrected chi connectivity index (χ2v) is 4.51. The molecular weight excluding hydrogens is 242 g/mol. The first-order valence-electron chi connectivity index (χ1n) is 4.71. The molecule has 0 saturated heterocycles. The maximum absolute atomic E-state index is 9.36. The van der Waals surface area contributed by atoms with E-state index in [-0.39, 0.29) is 12.1 Å². The molecule has 0 aliphatic heterocycles. The van der Waals surface area contributed by atoms with Crippen LogP contribution >= 0.6 is 15.9 Å². The molecule has 1 aromatic rings. The lowest BCUT2D eigenvalue weighted by Gasteiger charge is -2.19. The Kier molecular flexibility index (Phi) is 3.96. The number of nitrogens with one attached hydrogen (secondary N) is 1. The number of aliphatic hydroxyl groups excluding tert-OH is 1. The summed E-state index contributed by atoms with van der Waals surface area (Å²) in [6, 6.07) is 6.16. The molecule has 2 nitrogen and oxygen atoms in total. The highest BCUT2D eigenvalue weighted by molar-refractivity contribution is 9.10. The molecule has 0 aliphatic rings. The van der Waals surface area contributed by atoms with E-state index in [2.05, 4.69) is 27.3 Å². The van der Waals surface area contributed by atoms with Crippen LogP contribution in [0.3, 0.4) is 0 Å². The van der Waals surface area contributed by atoms with Crippen molar-refractivity contribution in [1.29, 1.82) is 0 Å². The molecule has 3 heteroatoms. The summed E-state index contributed by atoms with van der Waals surface area (Å²) >= 11 is 3.46. The molecule has 1 aromatic carbocycles. The molecule has 0 saturated carbocycles. The Bertz CT molecular complexity index is 312. The van der Waals surface area contributed by atoms with E-state index in [9.17, 15) is 5.11 Å². The average molecular weight is 258 g/mol. The average Bonchev–Trinajstić information content (AvgIpc) is 2.11. The van der Waals surface area contributed by atoms with Crippen molar-refractivity contribution in [1.82, 2.24) is 0 Å². The van der Waals surface area contributed by atoms with E-state index in [1.165, 1.54) is 5.56 Å². The van der Waals surface area contributed by atoms with Crippen LogP contribution in [0, 0.1) is 6.92 Å². The second kappa shape index (κ2) is 4.80. The van der Waals surface area contributed by atoms with Crippen LogP contribution in [0.5, 0.6) is 0 Å². The molecule has 0 aromatic heterocycles. The monoisotopic (exact) mass is 257 g/mol. The summed E-state index contributed by atoms with van der Waals surface area (Å²) < 4.78 is 1.02. The number of hydrogen-bond acceptors (Lipinski definition) is 2. The van der Waals surface area contributed by atoms with Crippen molar-refractivity contribution in [3.63, 3.8) is 0 Å². The number of aliphatic hydroxyl groups is 1. The second-order valence-electron chi connectivity index (χ2n) is 3.66. The Balaban J connectivity index is 2.80. The van der Waals surface area contributed by atoms with Crippen molar-refractivity contribution in [2.45, 2.75) is 32.9 Å². The molecule has 0 bridgehead atoms. The van der Waals surface area contributed by atoms with Crippen LogP contribution in [0.2, 0.25) is 0 Å². The van der Waals surface area contributed by atoms with Gasteiger partial charge in [0.2, 0.25) is 0 Å². The minimum absolute atomic E-state index is 0.0492. The van der Waals surface area contributed by atoms with Crippen molar-refractivity contribution < 1.29 is 5.11 Å². The van der Waals surface area contributed by atoms with Gasteiger partial charge in [-0.05, 0) is 54.4 Å². The minimum atomic E-state index is -0.359. The molecule has 2 unspecified atom stereocenters. The molecule has 2 N–H and O–H groups in total. The Hall–Kier alpha value is -0.540. The molecule has 0 radical (unpaired) electrons. The highest BCUT2D eigenvalue weighted by Crippen LogP contribution is 2.24. The van der Waals surface area contributed by atoms with Crippen molar-refractivity contribution in [2.75, 3.05) is 5.32 Å². The Morgan fingerprint density at radius 3 is 2.57 bits per heavy atom. The molecule has 0 aliphatic carbocycles. The zero-order valence-corrected chi connectivity index (χ0v) is 10.3. The standard InChI is InChI=1S/C11H16BrNO/c1-7-4-5-10(12)11(6-7)13-8(2)9(3)14/h4-6,8-9,13-14H,1-3H3. The summed E-state index contributed by atoms with van der Waals surface area (Å²) in [5, 5.41) is 12.6. The quantitative estimate of drug-likeness (QED) is 0.873. The van der Waals surface area contributed by atoms with Gasteiger partial charge in [0.1, 0.15) is 0 Å². The first-order valence-corrected chi connectivity index (χ1v) is 5.50. The number of anilines is 1. The predicted octanol–water partition coefficient (Wildman–Crippen LogP) is 2.94. The minimum Gasteiger partial charge on any atom is -0.391 e. The van der Waals surface area contributed by atoms with Crippen LogP contribution in [0.15, 0.2) is 22.7 Å². The van der Waals surface area contributed by atoms with Crippen molar-refractivity contribution in [3.8, 4) is 0 Å². The van der Waals surface area contributed by atoms with Gasteiger partial charge in [-0.25, -0.2) is 0 Å². The van der Waals surface area contributed by atoms with Gasteiger partial charge in [0.15, 0.2) is 0 Å². The van der Waals surface area contributed by atoms with Gasteiger partial charge >= 0.3 is 0 Å². The zero-order valence-electron chi connectivity index (χ0n) is 8.71. The number of benzene rings is 1. The topological polar surface area (TPSA) is 32.3 Å². The maximum atomic E-state index is 9.36. The molecule has 0 spiro atoms.